The third kappa shape index (κ3) is 5.31. The summed E-state index contributed by atoms with van der Waals surface area (Å²) in [6.07, 6.45) is 8.67. The van der Waals surface area contributed by atoms with Crippen LogP contribution >= 0.6 is 0 Å². The number of rotatable bonds is 8. The topological polar surface area (TPSA) is 114 Å². The molecule has 1 saturated carbocycles. The van der Waals surface area contributed by atoms with Gasteiger partial charge in [0.15, 0.2) is 12.2 Å². The molecular formula is C30H30BFN8O. The number of halogens is 1. The largest absolute Gasteiger partial charge is 0.443 e. The molecule has 6 rings (SSSR count). The lowest BCUT2D eigenvalue weighted by molar-refractivity contribution is 0.260. The van der Waals surface area contributed by atoms with Crippen LogP contribution in [0.1, 0.15) is 44.7 Å². The van der Waals surface area contributed by atoms with Crippen molar-refractivity contribution in [2.75, 3.05) is 17.2 Å². The summed E-state index contributed by atoms with van der Waals surface area (Å²) in [7, 11) is 7.16. The van der Waals surface area contributed by atoms with Crippen LogP contribution in [0.3, 0.4) is 0 Å². The van der Waals surface area contributed by atoms with Gasteiger partial charge in [0, 0.05) is 41.6 Å². The predicted molar refractivity (Wildman–Crippen MR) is 157 cm³/mol. The molecule has 1 aliphatic heterocycles. The van der Waals surface area contributed by atoms with Gasteiger partial charge in [0.05, 0.1) is 34.1 Å². The van der Waals surface area contributed by atoms with Crippen molar-refractivity contribution in [3.8, 4) is 17.4 Å². The summed E-state index contributed by atoms with van der Waals surface area (Å²) in [5.41, 5.74) is 9.42. The number of pyridine rings is 1. The van der Waals surface area contributed by atoms with E-state index in [1.807, 2.05) is 23.3 Å². The number of hydrazine groups is 2. The van der Waals surface area contributed by atoms with Crippen LogP contribution < -0.4 is 21.6 Å². The zero-order valence-electron chi connectivity index (χ0n) is 23.1. The van der Waals surface area contributed by atoms with Crippen molar-refractivity contribution in [3.63, 3.8) is 0 Å². The Hall–Kier alpha value is -4.56. The Labute approximate surface area is 239 Å². The number of nitriles is 1. The van der Waals surface area contributed by atoms with Crippen molar-refractivity contribution >= 4 is 30.1 Å². The summed E-state index contributed by atoms with van der Waals surface area (Å²) >= 11 is 0. The monoisotopic (exact) mass is 548 g/mol. The lowest BCUT2D eigenvalue weighted by Gasteiger charge is -2.34. The molecule has 0 saturated heterocycles. The summed E-state index contributed by atoms with van der Waals surface area (Å²) < 4.78 is 19.6. The zero-order chi connectivity index (χ0) is 28.8. The lowest BCUT2D eigenvalue weighted by atomic mass is 9.69. The highest BCUT2D eigenvalue weighted by Crippen LogP contribution is 2.39. The van der Waals surface area contributed by atoms with E-state index in [1.165, 1.54) is 18.5 Å². The molecular weight excluding hydrogens is 518 g/mol. The van der Waals surface area contributed by atoms with E-state index >= 15 is 0 Å². The minimum atomic E-state index is -1.28. The van der Waals surface area contributed by atoms with Gasteiger partial charge in [-0.05, 0) is 48.1 Å². The molecule has 1 unspecified atom stereocenters. The number of oxazole rings is 1. The second kappa shape index (κ2) is 10.1. The summed E-state index contributed by atoms with van der Waals surface area (Å²) in [4.78, 5) is 8.75. The molecule has 1 fully saturated rings. The van der Waals surface area contributed by atoms with Crippen molar-refractivity contribution in [1.29, 1.82) is 5.26 Å². The molecule has 2 radical (unpaired) electrons. The maximum absolute atomic E-state index is 13.9. The van der Waals surface area contributed by atoms with Gasteiger partial charge in [-0.15, -0.1) is 5.53 Å². The first kappa shape index (κ1) is 26.7. The second-order valence-electron chi connectivity index (χ2n) is 11.7. The third-order valence-electron chi connectivity index (χ3n) is 7.18. The molecule has 2 aromatic carbocycles. The number of hydrogen-bond acceptors (Lipinski definition) is 9. The average Bonchev–Trinajstić information content (AvgIpc) is 3.42. The van der Waals surface area contributed by atoms with Crippen LogP contribution in [0.2, 0.25) is 0 Å². The number of nitrogens with one attached hydrogen (secondary N) is 4. The summed E-state index contributed by atoms with van der Waals surface area (Å²) in [5.74, 6) is 0.159. The lowest BCUT2D eigenvalue weighted by Crippen LogP contribution is -2.45. The first-order valence-electron chi connectivity index (χ1n) is 13.5. The highest BCUT2D eigenvalue weighted by atomic mass is 19.1. The van der Waals surface area contributed by atoms with Crippen molar-refractivity contribution < 1.29 is 8.81 Å². The number of anilines is 2. The Kier molecular flexibility index (Phi) is 6.58. The summed E-state index contributed by atoms with van der Waals surface area (Å²) in [5, 5.41) is 19.7. The predicted octanol–water partition coefficient (Wildman–Crippen LogP) is 5.12. The van der Waals surface area contributed by atoms with Crippen LogP contribution in [0.15, 0.2) is 71.5 Å². The molecule has 2 aromatic heterocycles. The number of nitrogens with zero attached hydrogens (tertiary/aromatic N) is 4. The van der Waals surface area contributed by atoms with E-state index in [4.69, 9.17) is 12.3 Å². The number of fused-ring (bicyclic) bond motifs is 1. The third-order valence-corrected chi connectivity index (χ3v) is 7.18. The fourth-order valence-electron chi connectivity index (χ4n) is 4.85. The van der Waals surface area contributed by atoms with E-state index in [0.717, 1.165) is 18.2 Å². The quantitative estimate of drug-likeness (QED) is 0.223. The summed E-state index contributed by atoms with van der Waals surface area (Å²) in [6.45, 7) is 6.99. The first-order valence-corrected chi connectivity index (χ1v) is 13.5. The van der Waals surface area contributed by atoms with Gasteiger partial charge in [-0.3, -0.25) is 9.99 Å². The van der Waals surface area contributed by atoms with Crippen LogP contribution in [-0.4, -0.2) is 35.4 Å². The van der Waals surface area contributed by atoms with Crippen LogP contribution in [0.5, 0.6) is 0 Å². The van der Waals surface area contributed by atoms with Crippen LogP contribution in [0.4, 0.5) is 15.8 Å². The van der Waals surface area contributed by atoms with Crippen LogP contribution in [0, 0.1) is 22.6 Å². The van der Waals surface area contributed by atoms with Crippen LogP contribution in [-0.2, 0) is 5.44 Å². The van der Waals surface area contributed by atoms with Crippen molar-refractivity contribution in [1.82, 2.24) is 25.9 Å². The second-order valence-corrected chi connectivity index (χ2v) is 11.7. The minimum Gasteiger partial charge on any atom is -0.443 e. The number of aromatic nitrogens is 2. The van der Waals surface area contributed by atoms with E-state index in [-0.39, 0.29) is 11.2 Å². The SMILES string of the molecule is [B]C(Nc1cc(-c2cnco2)c2ncc(C#N)c(NCC(C)(C)C)c2c1)(C1=CN(C2CC2)NN1)c1ccc(F)cc1. The fourth-order valence-corrected chi connectivity index (χ4v) is 4.85. The number of hydrogen-bond donors (Lipinski definition) is 4. The number of benzene rings is 2. The first-order chi connectivity index (χ1) is 19.6. The molecule has 2 aliphatic rings. The van der Waals surface area contributed by atoms with Gasteiger partial charge in [0.25, 0.3) is 0 Å². The fraction of sp³-hybridized carbons (Fsp3) is 0.300. The van der Waals surface area contributed by atoms with E-state index in [0.29, 0.717) is 57.6 Å². The van der Waals surface area contributed by atoms with Gasteiger partial charge in [-0.25, -0.2) is 9.37 Å². The molecule has 11 heteroatoms. The molecule has 1 atom stereocenters. The molecule has 0 amide bonds. The van der Waals surface area contributed by atoms with Crippen LogP contribution in [0.25, 0.3) is 22.2 Å². The standard InChI is InChI=1S/C30H30BFN8O/c1-29(2,3)16-36-27-18(12-33)13-35-28-23(25-14-34-17-41-25)10-21(11-24(27)28)37-30(31,19-4-6-20(32)7-5-19)26-15-40(39-38-26)22-8-9-22/h4-7,10-11,13-15,17,22,37-39H,8-9,16H2,1-3H3,(H,35,36). The molecule has 3 heterocycles. The highest BCUT2D eigenvalue weighted by Gasteiger charge is 2.38. The molecule has 0 bridgehead atoms. The Balaban J connectivity index is 1.52. The average molecular weight is 548 g/mol. The van der Waals surface area contributed by atoms with E-state index < -0.39 is 5.44 Å². The van der Waals surface area contributed by atoms with E-state index in [1.54, 1.807) is 24.5 Å². The van der Waals surface area contributed by atoms with Gasteiger partial charge in [-0.2, -0.15) is 5.26 Å². The Morgan fingerprint density at radius 1 is 1.20 bits per heavy atom. The molecule has 4 aromatic rings. The van der Waals surface area contributed by atoms with Crippen molar-refractivity contribution in [2.24, 2.45) is 5.41 Å². The molecule has 206 valence electrons. The van der Waals surface area contributed by atoms with Gasteiger partial charge >= 0.3 is 0 Å². The zero-order valence-corrected chi connectivity index (χ0v) is 23.1. The van der Waals surface area contributed by atoms with Gasteiger partial charge < -0.3 is 20.5 Å². The van der Waals surface area contributed by atoms with Gasteiger partial charge in [0.2, 0.25) is 0 Å². The minimum absolute atomic E-state index is 0.0397. The van der Waals surface area contributed by atoms with E-state index in [2.05, 4.69) is 58.4 Å². The molecule has 41 heavy (non-hydrogen) atoms. The van der Waals surface area contributed by atoms with Crippen molar-refractivity contribution in [3.05, 3.63) is 84.0 Å². The molecule has 9 nitrogen and oxygen atoms in total. The summed E-state index contributed by atoms with van der Waals surface area (Å²) in [6, 6.07) is 12.6. The molecule has 0 spiro atoms. The Bertz CT molecular complexity index is 1660. The Morgan fingerprint density at radius 2 is 1.98 bits per heavy atom. The van der Waals surface area contributed by atoms with Crippen molar-refractivity contribution in [2.45, 2.75) is 45.1 Å². The van der Waals surface area contributed by atoms with E-state index in [9.17, 15) is 9.65 Å². The maximum atomic E-state index is 13.9. The maximum Gasteiger partial charge on any atom is 0.181 e. The molecule has 4 N–H and O–H groups in total. The highest BCUT2D eigenvalue weighted by molar-refractivity contribution is 6.19. The van der Waals surface area contributed by atoms with Gasteiger partial charge in [0.1, 0.15) is 19.7 Å². The molecule has 1 aliphatic carbocycles. The smallest absolute Gasteiger partial charge is 0.181 e. The van der Waals surface area contributed by atoms with Gasteiger partial charge in [-0.1, -0.05) is 32.9 Å². The Morgan fingerprint density at radius 3 is 2.63 bits per heavy atom. The normalized spacial score (nSPS) is 16.6.